The van der Waals surface area contributed by atoms with E-state index in [0.29, 0.717) is 18.5 Å². The number of non-ortho nitro benzene ring substituents is 1. The summed E-state index contributed by atoms with van der Waals surface area (Å²) in [6, 6.07) is 3.14. The van der Waals surface area contributed by atoms with Gasteiger partial charge in [-0.05, 0) is 31.9 Å². The molecule has 2 fully saturated rings. The van der Waals surface area contributed by atoms with Crippen LogP contribution in [0, 0.1) is 15.5 Å². The van der Waals surface area contributed by atoms with Crippen molar-refractivity contribution in [1.82, 2.24) is 10.2 Å². The topological polar surface area (TPSA) is 122 Å². The van der Waals surface area contributed by atoms with Gasteiger partial charge in [-0.15, -0.1) is 0 Å². The second-order valence-corrected chi connectivity index (χ2v) is 8.18. The molecular formula is C20H24N4O6. The normalized spacial score (nSPS) is 30.8. The number of hydrogen-bond donors (Lipinski definition) is 1. The third kappa shape index (κ3) is 2.78. The van der Waals surface area contributed by atoms with Crippen molar-refractivity contribution in [3.05, 3.63) is 33.9 Å². The van der Waals surface area contributed by atoms with Crippen LogP contribution in [0.25, 0.3) is 0 Å². The van der Waals surface area contributed by atoms with Crippen LogP contribution in [-0.2, 0) is 20.7 Å². The number of imide groups is 2. The maximum Gasteiger partial charge on any atom is 0.330 e. The van der Waals surface area contributed by atoms with E-state index in [-0.39, 0.29) is 24.8 Å². The number of barbiturate groups is 1. The van der Waals surface area contributed by atoms with Crippen LogP contribution in [0.2, 0.25) is 0 Å². The molecule has 0 radical (unpaired) electrons. The first-order valence-corrected chi connectivity index (χ1v) is 10.1. The lowest BCUT2D eigenvalue weighted by molar-refractivity contribution is -0.384. The number of ether oxygens (including phenoxy) is 1. The Morgan fingerprint density at radius 3 is 2.70 bits per heavy atom. The Labute approximate surface area is 173 Å². The molecule has 4 rings (SSSR count). The standard InChI is InChI=1S/C20H24N4O6/c1-4-7-22-18(26)20(17(25)21-19(22)27)9-13-8-14(24(28)29)5-6-15(13)23-10-11(2)30-12(3)16(20)23/h5-6,8,11-12,16H,4,7,9-10H2,1-3H3,(H,21,25,27)/t11-,12-,16-,20+/m1/s1. The average Bonchev–Trinajstić information content (AvgIpc) is 2.68. The van der Waals surface area contributed by atoms with Crippen LogP contribution in [0.1, 0.15) is 32.8 Å². The fraction of sp³-hybridized carbons (Fsp3) is 0.550. The molecule has 1 N–H and O–H groups in total. The highest BCUT2D eigenvalue weighted by Gasteiger charge is 2.64. The van der Waals surface area contributed by atoms with Crippen molar-refractivity contribution < 1.29 is 24.0 Å². The quantitative estimate of drug-likeness (QED) is 0.451. The van der Waals surface area contributed by atoms with E-state index in [9.17, 15) is 24.5 Å². The zero-order chi connectivity index (χ0) is 21.8. The minimum Gasteiger partial charge on any atom is -0.372 e. The molecular weight excluding hydrogens is 392 g/mol. The summed E-state index contributed by atoms with van der Waals surface area (Å²) in [6.45, 7) is 6.15. The monoisotopic (exact) mass is 416 g/mol. The summed E-state index contributed by atoms with van der Waals surface area (Å²) in [5, 5.41) is 13.7. The van der Waals surface area contributed by atoms with Gasteiger partial charge < -0.3 is 9.64 Å². The van der Waals surface area contributed by atoms with Gasteiger partial charge in [-0.25, -0.2) is 4.79 Å². The highest BCUT2D eigenvalue weighted by Crippen LogP contribution is 2.48. The second-order valence-electron chi connectivity index (χ2n) is 8.18. The summed E-state index contributed by atoms with van der Waals surface area (Å²) in [5.41, 5.74) is -0.430. The van der Waals surface area contributed by atoms with Crippen LogP contribution in [-0.4, -0.2) is 59.0 Å². The first-order chi connectivity index (χ1) is 14.2. The molecule has 10 heteroatoms. The number of fused-ring (bicyclic) bond motifs is 4. The molecule has 0 aliphatic carbocycles. The number of carbonyl (C=O) groups is 3. The van der Waals surface area contributed by atoms with Gasteiger partial charge in [0.1, 0.15) is 0 Å². The molecule has 0 saturated carbocycles. The Morgan fingerprint density at radius 2 is 2.03 bits per heavy atom. The number of nitrogens with zero attached hydrogens (tertiary/aromatic N) is 3. The average molecular weight is 416 g/mol. The predicted octanol–water partition coefficient (Wildman–Crippen LogP) is 1.61. The van der Waals surface area contributed by atoms with Crippen LogP contribution in [0.4, 0.5) is 16.2 Å². The van der Waals surface area contributed by atoms with Gasteiger partial charge in [-0.2, -0.15) is 0 Å². The summed E-state index contributed by atoms with van der Waals surface area (Å²) >= 11 is 0. The minimum absolute atomic E-state index is 0.0363. The molecule has 4 amide bonds. The van der Waals surface area contributed by atoms with E-state index in [1.54, 1.807) is 6.07 Å². The lowest BCUT2D eigenvalue weighted by atomic mass is 9.66. The number of benzene rings is 1. The van der Waals surface area contributed by atoms with Crippen molar-refractivity contribution in [3.63, 3.8) is 0 Å². The summed E-state index contributed by atoms with van der Waals surface area (Å²) in [7, 11) is 0. The maximum absolute atomic E-state index is 13.7. The van der Waals surface area contributed by atoms with Crippen LogP contribution in [0.5, 0.6) is 0 Å². The molecule has 1 aromatic rings. The van der Waals surface area contributed by atoms with Gasteiger partial charge in [0.05, 0.1) is 23.2 Å². The minimum atomic E-state index is -1.61. The molecule has 2 saturated heterocycles. The lowest BCUT2D eigenvalue weighted by Crippen LogP contribution is -2.75. The van der Waals surface area contributed by atoms with Crippen molar-refractivity contribution in [2.75, 3.05) is 18.0 Å². The van der Waals surface area contributed by atoms with Gasteiger partial charge >= 0.3 is 6.03 Å². The molecule has 0 bridgehead atoms. The van der Waals surface area contributed by atoms with Crippen molar-refractivity contribution >= 4 is 29.2 Å². The first kappa shape index (κ1) is 20.3. The van der Waals surface area contributed by atoms with Crippen LogP contribution in [0.3, 0.4) is 0 Å². The third-order valence-electron chi connectivity index (χ3n) is 6.18. The van der Waals surface area contributed by atoms with Crippen LogP contribution in [0.15, 0.2) is 18.2 Å². The van der Waals surface area contributed by atoms with E-state index in [4.69, 9.17) is 4.74 Å². The second kappa shape index (κ2) is 7.05. The smallest absolute Gasteiger partial charge is 0.330 e. The highest BCUT2D eigenvalue weighted by molar-refractivity contribution is 6.20. The number of amides is 4. The van der Waals surface area contributed by atoms with E-state index in [1.165, 1.54) is 12.1 Å². The summed E-state index contributed by atoms with van der Waals surface area (Å²) in [4.78, 5) is 53.1. The summed E-state index contributed by atoms with van der Waals surface area (Å²) < 4.78 is 5.99. The van der Waals surface area contributed by atoms with E-state index in [0.717, 1.165) is 10.6 Å². The number of urea groups is 1. The predicted molar refractivity (Wildman–Crippen MR) is 106 cm³/mol. The van der Waals surface area contributed by atoms with E-state index in [2.05, 4.69) is 5.32 Å². The fourth-order valence-electron chi connectivity index (χ4n) is 5.10. The number of nitrogens with one attached hydrogen (secondary N) is 1. The van der Waals surface area contributed by atoms with Crippen LogP contribution >= 0.6 is 0 Å². The molecule has 3 aliphatic heterocycles. The van der Waals surface area contributed by atoms with Gasteiger partial charge in [-0.3, -0.25) is 29.9 Å². The van der Waals surface area contributed by atoms with E-state index < -0.39 is 40.3 Å². The number of carbonyl (C=O) groups excluding carboxylic acids is 3. The molecule has 4 atom stereocenters. The zero-order valence-electron chi connectivity index (χ0n) is 17.1. The first-order valence-electron chi connectivity index (χ1n) is 10.1. The molecule has 3 aliphatic rings. The van der Waals surface area contributed by atoms with Gasteiger partial charge in [0, 0.05) is 37.3 Å². The summed E-state index contributed by atoms with van der Waals surface area (Å²) in [5.74, 6) is -1.25. The molecule has 3 heterocycles. The number of nitro benzene ring substituents is 1. The molecule has 0 unspecified atom stereocenters. The largest absolute Gasteiger partial charge is 0.372 e. The summed E-state index contributed by atoms with van der Waals surface area (Å²) in [6.07, 6.45) is -0.123. The van der Waals surface area contributed by atoms with Gasteiger partial charge in [-0.1, -0.05) is 6.92 Å². The molecule has 1 aromatic carbocycles. The fourth-order valence-corrected chi connectivity index (χ4v) is 5.10. The Kier molecular flexibility index (Phi) is 4.76. The molecule has 10 nitrogen and oxygen atoms in total. The molecule has 30 heavy (non-hydrogen) atoms. The number of rotatable bonds is 3. The van der Waals surface area contributed by atoms with E-state index >= 15 is 0 Å². The maximum atomic E-state index is 13.7. The Balaban J connectivity index is 1.91. The lowest BCUT2D eigenvalue weighted by Gasteiger charge is -2.56. The number of nitro groups is 1. The Hall–Kier alpha value is -3.01. The Bertz CT molecular complexity index is 949. The van der Waals surface area contributed by atoms with Crippen LogP contribution < -0.4 is 10.2 Å². The third-order valence-corrected chi connectivity index (χ3v) is 6.18. The zero-order valence-corrected chi connectivity index (χ0v) is 17.1. The van der Waals surface area contributed by atoms with Crippen molar-refractivity contribution in [2.45, 2.75) is 51.9 Å². The van der Waals surface area contributed by atoms with Gasteiger partial charge in [0.15, 0.2) is 5.41 Å². The van der Waals surface area contributed by atoms with Crippen molar-refractivity contribution in [1.29, 1.82) is 0 Å². The SMILES string of the molecule is CCCN1C(=O)NC(=O)[C@@]2(Cc3cc([N+](=O)[O-])ccc3N3C[C@@H](C)O[C@H](C)[C@@H]32)C1=O. The molecule has 160 valence electrons. The Morgan fingerprint density at radius 1 is 1.30 bits per heavy atom. The van der Waals surface area contributed by atoms with Gasteiger partial charge in [0.25, 0.3) is 5.69 Å². The highest BCUT2D eigenvalue weighted by atomic mass is 16.6. The number of morpholine rings is 1. The molecule has 0 aromatic heterocycles. The van der Waals surface area contributed by atoms with Crippen molar-refractivity contribution in [3.8, 4) is 0 Å². The van der Waals surface area contributed by atoms with E-state index in [1.807, 2.05) is 25.7 Å². The molecule has 1 spiro atoms. The number of hydrogen-bond acceptors (Lipinski definition) is 7. The van der Waals surface area contributed by atoms with Gasteiger partial charge in [0.2, 0.25) is 11.8 Å². The van der Waals surface area contributed by atoms with Crippen molar-refractivity contribution in [2.24, 2.45) is 5.41 Å². The number of anilines is 1.